The first kappa shape index (κ1) is 19.7. The van der Waals surface area contributed by atoms with Crippen LogP contribution in [0.2, 0.25) is 0 Å². The zero-order valence-electron chi connectivity index (χ0n) is 15.6. The molecule has 0 saturated carbocycles. The maximum atomic E-state index is 12.9. The van der Waals surface area contributed by atoms with E-state index < -0.39 is 12.0 Å². The van der Waals surface area contributed by atoms with E-state index in [0.29, 0.717) is 5.75 Å². The molecule has 29 heavy (non-hydrogen) atoms. The van der Waals surface area contributed by atoms with Crippen LogP contribution in [0.1, 0.15) is 10.4 Å². The molecule has 2 aromatic rings. The van der Waals surface area contributed by atoms with Crippen molar-refractivity contribution in [2.75, 3.05) is 12.9 Å². The zero-order valence-corrected chi connectivity index (χ0v) is 17.2. The van der Waals surface area contributed by atoms with Crippen molar-refractivity contribution in [3.05, 3.63) is 63.8 Å². The molecule has 0 aliphatic carbocycles. The molecule has 1 fully saturated rings. The summed E-state index contributed by atoms with van der Waals surface area (Å²) in [6.45, 7) is 0.101. The van der Waals surface area contributed by atoms with Gasteiger partial charge in [-0.2, -0.15) is 0 Å². The van der Waals surface area contributed by atoms with Crippen molar-refractivity contribution in [2.45, 2.75) is 18.0 Å². The van der Waals surface area contributed by atoms with E-state index in [9.17, 15) is 9.59 Å². The van der Waals surface area contributed by atoms with Gasteiger partial charge in [0, 0.05) is 16.8 Å². The molecule has 2 N–H and O–H groups in total. The van der Waals surface area contributed by atoms with E-state index >= 15 is 0 Å². The smallest absolute Gasteiger partial charge is 0.355 e. The van der Waals surface area contributed by atoms with Crippen LogP contribution in [0.5, 0.6) is 5.75 Å². The lowest BCUT2D eigenvalue weighted by Crippen LogP contribution is -2.68. The van der Waals surface area contributed by atoms with Crippen molar-refractivity contribution in [1.82, 2.24) is 9.88 Å². The summed E-state index contributed by atoms with van der Waals surface area (Å²) >= 11 is 3.04. The van der Waals surface area contributed by atoms with E-state index in [4.69, 9.17) is 15.2 Å². The first-order chi connectivity index (χ1) is 14.1. The maximum Gasteiger partial charge on any atom is 0.355 e. The Labute approximate surface area is 176 Å². The summed E-state index contributed by atoms with van der Waals surface area (Å²) in [5, 5.41) is -0.230. The van der Waals surface area contributed by atoms with Gasteiger partial charge in [0.15, 0.2) is 0 Å². The van der Waals surface area contributed by atoms with Crippen molar-refractivity contribution in [3.63, 3.8) is 0 Å². The van der Waals surface area contributed by atoms with Gasteiger partial charge in [-0.05, 0) is 29.3 Å². The minimum atomic E-state index is -0.587. The average Bonchev–Trinajstić information content (AvgIpc) is 3.28. The van der Waals surface area contributed by atoms with Gasteiger partial charge in [-0.25, -0.2) is 4.79 Å². The molecular weight excluding hydrogens is 410 g/mol. The molecule has 0 unspecified atom stereocenters. The Morgan fingerprint density at radius 1 is 1.34 bits per heavy atom. The minimum Gasteiger partial charge on any atom is -0.497 e. The Morgan fingerprint density at radius 3 is 2.83 bits per heavy atom. The molecular formula is C20H19N3O4S2. The van der Waals surface area contributed by atoms with E-state index in [2.05, 4.69) is 4.98 Å². The fourth-order valence-corrected chi connectivity index (χ4v) is 4.86. The van der Waals surface area contributed by atoms with Crippen LogP contribution in [-0.2, 0) is 20.9 Å². The molecule has 1 amide bonds. The number of aromatic nitrogens is 1. The van der Waals surface area contributed by atoms with Gasteiger partial charge in [0.05, 0.1) is 12.6 Å². The highest BCUT2D eigenvalue weighted by Gasteiger charge is 2.51. The lowest BCUT2D eigenvalue weighted by Gasteiger charge is -2.48. The fraction of sp³-hybridized carbons (Fsp3) is 0.250. The molecule has 1 aromatic heterocycles. The molecule has 150 valence electrons. The van der Waals surface area contributed by atoms with Gasteiger partial charge in [0.25, 0.3) is 0 Å². The zero-order chi connectivity index (χ0) is 20.4. The number of thioether (sulfide) groups is 1. The molecule has 2 aliphatic heterocycles. The van der Waals surface area contributed by atoms with Crippen LogP contribution in [-0.4, -0.2) is 46.0 Å². The van der Waals surface area contributed by atoms with E-state index in [1.807, 2.05) is 24.3 Å². The third kappa shape index (κ3) is 3.93. The van der Waals surface area contributed by atoms with Gasteiger partial charge in [-0.15, -0.1) is 23.1 Å². The minimum absolute atomic E-state index is 0.101. The van der Waals surface area contributed by atoms with Crippen LogP contribution < -0.4 is 10.5 Å². The number of β-lactam (4-membered cyclic amide) rings is 1. The molecule has 1 saturated heterocycles. The number of ether oxygens (including phenoxy) is 2. The fourth-order valence-electron chi connectivity index (χ4n) is 3.09. The number of carbonyl (C=O) groups excluding carboxylic acids is 2. The second-order valence-corrected chi connectivity index (χ2v) is 8.49. The number of nitrogens with zero attached hydrogens (tertiary/aromatic N) is 2. The van der Waals surface area contributed by atoms with Crippen LogP contribution in [0, 0.1) is 0 Å². The molecule has 1 aromatic carbocycles. The van der Waals surface area contributed by atoms with Crippen LogP contribution in [0.4, 0.5) is 0 Å². The van der Waals surface area contributed by atoms with Crippen LogP contribution >= 0.6 is 23.1 Å². The summed E-state index contributed by atoms with van der Waals surface area (Å²) in [7, 11) is 1.59. The number of benzene rings is 1. The molecule has 4 rings (SSSR count). The third-order valence-corrected chi connectivity index (χ3v) is 6.73. The van der Waals surface area contributed by atoms with Gasteiger partial charge in [0.1, 0.15) is 29.5 Å². The molecule has 7 nitrogen and oxygen atoms in total. The molecule has 2 atom stereocenters. The maximum absolute atomic E-state index is 12.9. The quantitative estimate of drug-likeness (QED) is 0.557. The van der Waals surface area contributed by atoms with Crippen LogP contribution in [0.15, 0.2) is 53.3 Å². The number of hydrogen-bond acceptors (Lipinski definition) is 8. The number of fused-ring (bicyclic) bond motifs is 1. The summed E-state index contributed by atoms with van der Waals surface area (Å²) < 4.78 is 10.7. The SMILES string of the molecule is COc1ccc(COC(=O)C2=C(C=Cc3cncs3)CS[C@H]3[C@H](N)C(=O)N23)cc1. The van der Waals surface area contributed by atoms with Gasteiger partial charge in [0.2, 0.25) is 5.91 Å². The number of allylic oxidation sites excluding steroid dienone is 1. The summed E-state index contributed by atoms with van der Waals surface area (Å²) in [4.78, 5) is 31.7. The first-order valence-corrected chi connectivity index (χ1v) is 10.8. The standard InChI is InChI=1S/C20H19N3O4S2/c1-26-14-5-2-12(3-6-14)9-27-20(25)17-13(4-7-15-8-22-11-29-15)10-28-19-16(21)18(24)23(17)19/h2-8,11,16,19H,9-10,21H2,1H3/t16-,19+/m1/s1. The predicted octanol–water partition coefficient (Wildman–Crippen LogP) is 2.40. The highest BCUT2D eigenvalue weighted by molar-refractivity contribution is 8.00. The van der Waals surface area contributed by atoms with Crippen LogP contribution in [0.3, 0.4) is 0 Å². The Morgan fingerprint density at radius 2 is 2.14 bits per heavy atom. The summed E-state index contributed by atoms with van der Waals surface area (Å²) in [5.41, 5.74) is 9.48. The third-order valence-electron chi connectivity index (χ3n) is 4.66. The van der Waals surface area contributed by atoms with Crippen molar-refractivity contribution in [3.8, 4) is 5.75 Å². The van der Waals surface area contributed by atoms with Crippen molar-refractivity contribution >= 4 is 41.1 Å². The van der Waals surface area contributed by atoms with E-state index in [1.165, 1.54) is 16.2 Å². The Kier molecular flexibility index (Phi) is 5.70. The Bertz CT molecular complexity index is 970. The lowest BCUT2D eigenvalue weighted by molar-refractivity contribution is -0.151. The summed E-state index contributed by atoms with van der Waals surface area (Å²) in [6.07, 6.45) is 5.47. The summed E-state index contributed by atoms with van der Waals surface area (Å²) in [6, 6.07) is 6.68. The van der Waals surface area contributed by atoms with Gasteiger partial charge >= 0.3 is 5.97 Å². The van der Waals surface area contributed by atoms with Crippen LogP contribution in [0.25, 0.3) is 6.08 Å². The topological polar surface area (TPSA) is 94.7 Å². The second kappa shape index (κ2) is 8.40. The lowest BCUT2D eigenvalue weighted by atomic mass is 10.0. The molecule has 3 heterocycles. The monoisotopic (exact) mass is 429 g/mol. The molecule has 9 heteroatoms. The van der Waals surface area contributed by atoms with E-state index in [1.54, 1.807) is 42.7 Å². The second-order valence-electron chi connectivity index (χ2n) is 6.47. The van der Waals surface area contributed by atoms with Crippen molar-refractivity contribution in [1.29, 1.82) is 0 Å². The van der Waals surface area contributed by atoms with Gasteiger partial charge in [-0.1, -0.05) is 18.2 Å². The van der Waals surface area contributed by atoms with Crippen molar-refractivity contribution < 1.29 is 19.1 Å². The number of methoxy groups -OCH3 is 1. The van der Waals surface area contributed by atoms with E-state index in [-0.39, 0.29) is 23.6 Å². The molecule has 0 radical (unpaired) electrons. The summed E-state index contributed by atoms with van der Waals surface area (Å²) in [5.74, 6) is 0.507. The van der Waals surface area contributed by atoms with Gasteiger partial charge in [-0.3, -0.25) is 14.7 Å². The molecule has 2 aliphatic rings. The highest BCUT2D eigenvalue weighted by Crippen LogP contribution is 2.40. The van der Waals surface area contributed by atoms with E-state index in [0.717, 1.165) is 21.8 Å². The number of amides is 1. The first-order valence-electron chi connectivity index (χ1n) is 8.88. The number of esters is 1. The van der Waals surface area contributed by atoms with Gasteiger partial charge < -0.3 is 15.2 Å². The average molecular weight is 430 g/mol. The Balaban J connectivity index is 1.56. The van der Waals surface area contributed by atoms with Crippen molar-refractivity contribution in [2.24, 2.45) is 5.73 Å². The normalized spacial score (nSPS) is 21.2. The largest absolute Gasteiger partial charge is 0.497 e. The number of nitrogens with two attached hydrogens (primary N) is 1. The molecule has 0 bridgehead atoms. The number of thiazole rings is 1. The molecule has 0 spiro atoms. The number of rotatable bonds is 6. The number of carbonyl (C=O) groups is 2. The highest BCUT2D eigenvalue weighted by atomic mass is 32.2. The Hall–Kier alpha value is -2.62. The number of hydrogen-bond donors (Lipinski definition) is 1. The predicted molar refractivity (Wildman–Crippen MR) is 112 cm³/mol.